The third-order valence-electron chi connectivity index (χ3n) is 5.97. The normalized spacial score (nSPS) is 14.6. The number of benzene rings is 2. The van der Waals surface area contributed by atoms with E-state index in [4.69, 9.17) is 14.7 Å². The van der Waals surface area contributed by atoms with E-state index in [1.165, 1.54) is 0 Å². The molecule has 0 bridgehead atoms. The van der Waals surface area contributed by atoms with Gasteiger partial charge in [-0.05, 0) is 43.2 Å². The monoisotopic (exact) mass is 437 g/mol. The van der Waals surface area contributed by atoms with Crippen molar-refractivity contribution < 1.29 is 9.84 Å². The topological polar surface area (TPSA) is 115 Å². The Kier molecular flexibility index (Phi) is 4.52. The van der Waals surface area contributed by atoms with Crippen molar-refractivity contribution >= 4 is 22.2 Å². The first-order chi connectivity index (χ1) is 16.2. The lowest BCUT2D eigenvalue weighted by atomic mass is 10.1. The number of nitriles is 1. The molecular formula is C24H19N7O2. The average molecular weight is 437 g/mol. The van der Waals surface area contributed by atoms with Crippen LogP contribution in [0.2, 0.25) is 0 Å². The number of hydrogen-bond acceptors (Lipinski definition) is 7. The van der Waals surface area contributed by atoms with Gasteiger partial charge >= 0.3 is 0 Å². The summed E-state index contributed by atoms with van der Waals surface area (Å²) in [5.74, 6) is 1.38. The van der Waals surface area contributed by atoms with Crippen molar-refractivity contribution in [1.82, 2.24) is 29.1 Å². The van der Waals surface area contributed by atoms with Crippen LogP contribution in [0.4, 0.5) is 0 Å². The van der Waals surface area contributed by atoms with E-state index in [-0.39, 0.29) is 11.8 Å². The Morgan fingerprint density at radius 2 is 1.91 bits per heavy atom. The number of fused-ring (bicyclic) bond motifs is 2. The number of rotatable bonds is 3. The van der Waals surface area contributed by atoms with Gasteiger partial charge in [-0.3, -0.25) is 4.57 Å². The molecular weight excluding hydrogens is 418 g/mol. The molecule has 0 saturated carbocycles. The van der Waals surface area contributed by atoms with Crippen molar-refractivity contribution in [2.75, 3.05) is 13.2 Å². The Balaban J connectivity index is 1.57. The average Bonchev–Trinajstić information content (AvgIpc) is 3.45. The van der Waals surface area contributed by atoms with Gasteiger partial charge in [0.05, 0.1) is 28.9 Å². The van der Waals surface area contributed by atoms with Crippen LogP contribution in [0.3, 0.4) is 0 Å². The quantitative estimate of drug-likeness (QED) is 0.457. The third kappa shape index (κ3) is 3.28. The molecule has 9 nitrogen and oxygen atoms in total. The molecule has 2 aromatic carbocycles. The molecule has 162 valence electrons. The first-order valence-corrected chi connectivity index (χ1v) is 10.7. The minimum atomic E-state index is 0.161. The number of aromatic hydroxyl groups is 1. The van der Waals surface area contributed by atoms with Crippen LogP contribution in [0.5, 0.6) is 5.75 Å². The van der Waals surface area contributed by atoms with Crippen molar-refractivity contribution in [3.8, 4) is 29.2 Å². The zero-order valence-corrected chi connectivity index (χ0v) is 17.6. The van der Waals surface area contributed by atoms with Gasteiger partial charge in [-0.25, -0.2) is 15.0 Å². The van der Waals surface area contributed by atoms with E-state index in [9.17, 15) is 10.4 Å². The maximum absolute atomic E-state index is 10.0. The number of ether oxygens (including phenoxy) is 1. The number of phenols is 1. The number of hydrogen-bond donors (Lipinski definition) is 1. The van der Waals surface area contributed by atoms with Crippen molar-refractivity contribution in [3.05, 3.63) is 60.6 Å². The number of aromatic nitrogens is 6. The lowest BCUT2D eigenvalue weighted by Crippen LogP contribution is -2.20. The maximum atomic E-state index is 10.0. The number of phenolic OH excluding ortho intramolecular Hbond substituents is 1. The number of imidazole rings is 2. The predicted octanol–water partition coefficient (Wildman–Crippen LogP) is 3.76. The lowest BCUT2D eigenvalue weighted by Gasteiger charge is -2.25. The van der Waals surface area contributed by atoms with Crippen LogP contribution < -0.4 is 0 Å². The van der Waals surface area contributed by atoms with E-state index in [0.717, 1.165) is 35.3 Å². The molecule has 6 rings (SSSR count). The summed E-state index contributed by atoms with van der Waals surface area (Å²) in [5.41, 5.74) is 4.26. The summed E-state index contributed by atoms with van der Waals surface area (Å²) >= 11 is 0. The lowest BCUT2D eigenvalue weighted by molar-refractivity contribution is 0.0708. The molecule has 1 saturated heterocycles. The molecule has 9 heteroatoms. The van der Waals surface area contributed by atoms with Gasteiger partial charge in [0.2, 0.25) is 5.95 Å². The van der Waals surface area contributed by atoms with Gasteiger partial charge in [-0.2, -0.15) is 10.2 Å². The van der Waals surface area contributed by atoms with E-state index in [2.05, 4.69) is 20.6 Å². The SMILES string of the molecule is N#Cc1ccc2ncn(-c3ncc4nc(-c5cccc(O)c5)n(C5CCOCC5)c4n3)c2c1. The molecule has 3 aromatic heterocycles. The standard InChI is InChI=1S/C24H19N7O2/c25-12-15-4-5-19-21(10-15)30(14-27-19)24-26-13-20-23(29-24)31(17-6-8-33-9-7-17)22(28-20)16-2-1-3-18(32)11-16/h1-5,10-11,13-14,17,32H,6-9H2. The van der Waals surface area contributed by atoms with E-state index >= 15 is 0 Å². The molecule has 0 atom stereocenters. The Hall–Kier alpha value is -4.29. The molecule has 0 amide bonds. The highest BCUT2D eigenvalue weighted by molar-refractivity contribution is 5.80. The van der Waals surface area contributed by atoms with E-state index < -0.39 is 0 Å². The van der Waals surface area contributed by atoms with Gasteiger partial charge in [-0.15, -0.1) is 0 Å². The third-order valence-corrected chi connectivity index (χ3v) is 5.97. The molecule has 1 aliphatic rings. The Bertz CT molecular complexity index is 1540. The fraction of sp³-hybridized carbons (Fsp3) is 0.208. The zero-order valence-electron chi connectivity index (χ0n) is 17.6. The van der Waals surface area contributed by atoms with Gasteiger partial charge in [0, 0.05) is 24.8 Å². The Labute approximate surface area is 188 Å². The van der Waals surface area contributed by atoms with Crippen LogP contribution in [0.15, 0.2) is 55.0 Å². The maximum Gasteiger partial charge on any atom is 0.237 e. The fourth-order valence-electron chi connectivity index (χ4n) is 4.37. The van der Waals surface area contributed by atoms with Crippen molar-refractivity contribution in [1.29, 1.82) is 5.26 Å². The van der Waals surface area contributed by atoms with E-state index in [1.54, 1.807) is 47.4 Å². The first-order valence-electron chi connectivity index (χ1n) is 10.7. The van der Waals surface area contributed by atoms with Crippen LogP contribution >= 0.6 is 0 Å². The first kappa shape index (κ1) is 19.4. The summed E-state index contributed by atoms with van der Waals surface area (Å²) in [4.78, 5) is 18.7. The molecule has 33 heavy (non-hydrogen) atoms. The summed E-state index contributed by atoms with van der Waals surface area (Å²) < 4.78 is 9.50. The summed E-state index contributed by atoms with van der Waals surface area (Å²) in [7, 11) is 0. The second kappa shape index (κ2) is 7.69. The minimum absolute atomic E-state index is 0.161. The summed E-state index contributed by atoms with van der Waals surface area (Å²) in [6.45, 7) is 1.34. The molecule has 1 N–H and O–H groups in total. The second-order valence-electron chi connectivity index (χ2n) is 8.01. The van der Waals surface area contributed by atoms with Gasteiger partial charge in [0.15, 0.2) is 5.65 Å². The van der Waals surface area contributed by atoms with Crippen LogP contribution in [-0.4, -0.2) is 47.4 Å². The van der Waals surface area contributed by atoms with Crippen molar-refractivity contribution in [2.24, 2.45) is 0 Å². The Morgan fingerprint density at radius 1 is 1.03 bits per heavy atom. The smallest absolute Gasteiger partial charge is 0.237 e. The molecule has 0 aliphatic carbocycles. The molecule has 4 heterocycles. The molecule has 0 spiro atoms. The van der Waals surface area contributed by atoms with E-state index in [0.29, 0.717) is 35.9 Å². The van der Waals surface area contributed by atoms with E-state index in [1.807, 2.05) is 12.1 Å². The minimum Gasteiger partial charge on any atom is -0.508 e. The van der Waals surface area contributed by atoms with Gasteiger partial charge in [0.25, 0.3) is 0 Å². The van der Waals surface area contributed by atoms with Gasteiger partial charge in [0.1, 0.15) is 23.4 Å². The molecule has 1 fully saturated rings. The molecule has 0 radical (unpaired) electrons. The summed E-state index contributed by atoms with van der Waals surface area (Å²) in [6, 6.07) is 14.7. The largest absolute Gasteiger partial charge is 0.508 e. The van der Waals surface area contributed by atoms with Crippen LogP contribution in [0, 0.1) is 11.3 Å². The number of nitrogens with zero attached hydrogens (tertiary/aromatic N) is 7. The highest BCUT2D eigenvalue weighted by Crippen LogP contribution is 2.33. The molecule has 1 aliphatic heterocycles. The highest BCUT2D eigenvalue weighted by atomic mass is 16.5. The summed E-state index contributed by atoms with van der Waals surface area (Å²) in [6.07, 6.45) is 5.06. The van der Waals surface area contributed by atoms with Crippen LogP contribution in [0.25, 0.3) is 39.5 Å². The van der Waals surface area contributed by atoms with Crippen molar-refractivity contribution in [3.63, 3.8) is 0 Å². The fourth-order valence-corrected chi connectivity index (χ4v) is 4.37. The van der Waals surface area contributed by atoms with Crippen molar-refractivity contribution in [2.45, 2.75) is 18.9 Å². The Morgan fingerprint density at radius 3 is 2.73 bits per heavy atom. The highest BCUT2D eigenvalue weighted by Gasteiger charge is 2.24. The van der Waals surface area contributed by atoms with Crippen LogP contribution in [0.1, 0.15) is 24.4 Å². The summed E-state index contributed by atoms with van der Waals surface area (Å²) in [5, 5.41) is 19.3. The molecule has 0 unspecified atom stereocenters. The molecule has 5 aromatic rings. The zero-order chi connectivity index (χ0) is 22.4. The van der Waals surface area contributed by atoms with Gasteiger partial charge < -0.3 is 14.4 Å². The predicted molar refractivity (Wildman–Crippen MR) is 121 cm³/mol. The second-order valence-corrected chi connectivity index (χ2v) is 8.01. The van der Waals surface area contributed by atoms with Crippen LogP contribution in [-0.2, 0) is 4.74 Å². The van der Waals surface area contributed by atoms with Gasteiger partial charge in [-0.1, -0.05) is 12.1 Å².